The van der Waals surface area contributed by atoms with Gasteiger partial charge in [0.2, 0.25) is 5.91 Å². The van der Waals surface area contributed by atoms with E-state index in [1.807, 2.05) is 0 Å². The molecule has 0 saturated heterocycles. The van der Waals surface area contributed by atoms with E-state index in [2.05, 4.69) is 10.4 Å². The maximum Gasteiger partial charge on any atom is 0.241 e. The Hall–Kier alpha value is -1.52. The van der Waals surface area contributed by atoms with E-state index < -0.39 is 0 Å². The molecular weight excluding hydrogens is 168 g/mol. The highest BCUT2D eigenvalue weighted by Gasteiger charge is 2.23. The minimum Gasteiger partial charge on any atom is -0.382 e. The van der Waals surface area contributed by atoms with Gasteiger partial charge >= 0.3 is 0 Å². The van der Waals surface area contributed by atoms with Crippen LogP contribution in [0.4, 0.5) is 5.82 Å². The Balaban J connectivity index is 1.85. The molecule has 1 amide bonds. The summed E-state index contributed by atoms with van der Waals surface area (Å²) in [4.78, 5) is 11.3. The SMILES string of the molecule is Nc1ccn(CC(=O)NC2CC2)n1. The molecule has 1 fully saturated rings. The van der Waals surface area contributed by atoms with Gasteiger partial charge in [-0.1, -0.05) is 0 Å². The van der Waals surface area contributed by atoms with E-state index in [1.54, 1.807) is 12.3 Å². The number of nitrogens with two attached hydrogens (primary N) is 1. The molecular formula is C8H12N4O. The monoisotopic (exact) mass is 180 g/mol. The normalized spacial score (nSPS) is 15.7. The van der Waals surface area contributed by atoms with Crippen LogP contribution in [0.3, 0.4) is 0 Å². The van der Waals surface area contributed by atoms with Gasteiger partial charge in [0.1, 0.15) is 12.4 Å². The molecule has 1 aliphatic carbocycles. The van der Waals surface area contributed by atoms with E-state index in [4.69, 9.17) is 5.73 Å². The molecule has 70 valence electrons. The molecule has 0 radical (unpaired) electrons. The van der Waals surface area contributed by atoms with E-state index in [-0.39, 0.29) is 12.5 Å². The summed E-state index contributed by atoms with van der Waals surface area (Å²) >= 11 is 0. The Bertz CT molecular complexity index is 316. The Morgan fingerprint density at radius 1 is 1.77 bits per heavy atom. The standard InChI is InChI=1S/C8H12N4O/c9-7-3-4-12(11-7)5-8(13)10-6-1-2-6/h3-4,6H,1-2,5H2,(H2,9,11)(H,10,13). The maximum absolute atomic E-state index is 11.3. The summed E-state index contributed by atoms with van der Waals surface area (Å²) in [6, 6.07) is 2.07. The molecule has 0 aliphatic heterocycles. The lowest BCUT2D eigenvalue weighted by Gasteiger charge is -2.02. The Labute approximate surface area is 75.9 Å². The third kappa shape index (κ3) is 2.21. The molecule has 1 saturated carbocycles. The van der Waals surface area contributed by atoms with Crippen LogP contribution in [0.2, 0.25) is 0 Å². The van der Waals surface area contributed by atoms with Crippen LogP contribution in [-0.4, -0.2) is 21.7 Å². The van der Waals surface area contributed by atoms with Crippen LogP contribution in [0.25, 0.3) is 0 Å². The number of hydrogen-bond acceptors (Lipinski definition) is 3. The number of carbonyl (C=O) groups excluding carboxylic acids is 1. The van der Waals surface area contributed by atoms with Gasteiger partial charge in [0, 0.05) is 12.2 Å². The first-order chi connectivity index (χ1) is 6.24. The summed E-state index contributed by atoms with van der Waals surface area (Å²) in [7, 11) is 0. The number of nitrogens with one attached hydrogen (secondary N) is 1. The zero-order chi connectivity index (χ0) is 9.26. The van der Waals surface area contributed by atoms with Gasteiger partial charge in [-0.25, -0.2) is 0 Å². The smallest absolute Gasteiger partial charge is 0.241 e. The lowest BCUT2D eigenvalue weighted by molar-refractivity contribution is -0.121. The Kier molecular flexibility index (Phi) is 1.92. The van der Waals surface area contributed by atoms with Gasteiger partial charge < -0.3 is 11.1 Å². The fourth-order valence-corrected chi connectivity index (χ4v) is 1.11. The van der Waals surface area contributed by atoms with E-state index in [1.165, 1.54) is 4.68 Å². The Morgan fingerprint density at radius 3 is 3.08 bits per heavy atom. The van der Waals surface area contributed by atoms with Crippen molar-refractivity contribution in [2.24, 2.45) is 0 Å². The van der Waals surface area contributed by atoms with Crippen molar-refractivity contribution in [2.75, 3.05) is 5.73 Å². The van der Waals surface area contributed by atoms with Gasteiger partial charge in [-0.15, -0.1) is 0 Å². The second kappa shape index (κ2) is 3.08. The summed E-state index contributed by atoms with van der Waals surface area (Å²) < 4.78 is 1.53. The minimum atomic E-state index is 0.00519. The zero-order valence-corrected chi connectivity index (χ0v) is 7.23. The number of amides is 1. The molecule has 3 N–H and O–H groups in total. The van der Waals surface area contributed by atoms with Crippen LogP contribution in [-0.2, 0) is 11.3 Å². The highest BCUT2D eigenvalue weighted by Crippen LogP contribution is 2.18. The number of rotatable bonds is 3. The van der Waals surface area contributed by atoms with Crippen molar-refractivity contribution in [2.45, 2.75) is 25.4 Å². The first-order valence-electron chi connectivity index (χ1n) is 4.32. The number of anilines is 1. The van der Waals surface area contributed by atoms with Crippen molar-refractivity contribution >= 4 is 11.7 Å². The van der Waals surface area contributed by atoms with Gasteiger partial charge in [0.25, 0.3) is 0 Å². The van der Waals surface area contributed by atoms with Crippen molar-refractivity contribution in [3.05, 3.63) is 12.3 Å². The van der Waals surface area contributed by atoms with Crippen molar-refractivity contribution in [1.29, 1.82) is 0 Å². The molecule has 5 heteroatoms. The molecule has 2 rings (SSSR count). The Morgan fingerprint density at radius 2 is 2.54 bits per heavy atom. The molecule has 0 spiro atoms. The minimum absolute atomic E-state index is 0.00519. The average Bonchev–Trinajstić information content (AvgIpc) is 2.76. The second-order valence-electron chi connectivity index (χ2n) is 3.28. The molecule has 0 aromatic carbocycles. The third-order valence-electron chi connectivity index (χ3n) is 1.91. The number of aromatic nitrogens is 2. The third-order valence-corrected chi connectivity index (χ3v) is 1.91. The second-order valence-corrected chi connectivity index (χ2v) is 3.28. The lowest BCUT2D eigenvalue weighted by Crippen LogP contribution is -2.29. The number of carbonyl (C=O) groups is 1. The van der Waals surface area contributed by atoms with Crippen molar-refractivity contribution in [3.8, 4) is 0 Å². The van der Waals surface area contributed by atoms with E-state index in [0.29, 0.717) is 11.9 Å². The van der Waals surface area contributed by atoms with Crippen LogP contribution < -0.4 is 11.1 Å². The van der Waals surface area contributed by atoms with Crippen LogP contribution in [0.15, 0.2) is 12.3 Å². The molecule has 0 bridgehead atoms. The number of nitrogen functional groups attached to an aromatic ring is 1. The zero-order valence-electron chi connectivity index (χ0n) is 7.23. The average molecular weight is 180 g/mol. The van der Waals surface area contributed by atoms with Crippen LogP contribution >= 0.6 is 0 Å². The summed E-state index contributed by atoms with van der Waals surface area (Å²) in [5.74, 6) is 0.449. The number of nitrogens with zero attached hydrogens (tertiary/aromatic N) is 2. The van der Waals surface area contributed by atoms with Gasteiger partial charge in [0.05, 0.1) is 0 Å². The van der Waals surface area contributed by atoms with Crippen LogP contribution in [0.1, 0.15) is 12.8 Å². The predicted molar refractivity (Wildman–Crippen MR) is 47.8 cm³/mol. The molecule has 1 aliphatic rings. The molecule has 13 heavy (non-hydrogen) atoms. The summed E-state index contributed by atoms with van der Waals surface area (Å²) in [6.07, 6.45) is 3.90. The summed E-state index contributed by atoms with van der Waals surface area (Å²) in [5.41, 5.74) is 5.40. The molecule has 1 aromatic heterocycles. The summed E-state index contributed by atoms with van der Waals surface area (Å²) in [5, 5.41) is 6.78. The highest BCUT2D eigenvalue weighted by atomic mass is 16.2. The first-order valence-corrected chi connectivity index (χ1v) is 4.32. The fraction of sp³-hybridized carbons (Fsp3) is 0.500. The quantitative estimate of drug-likeness (QED) is 0.673. The maximum atomic E-state index is 11.3. The highest BCUT2D eigenvalue weighted by molar-refractivity contribution is 5.76. The number of hydrogen-bond donors (Lipinski definition) is 2. The molecule has 5 nitrogen and oxygen atoms in total. The van der Waals surface area contributed by atoms with E-state index >= 15 is 0 Å². The molecule has 0 atom stereocenters. The molecule has 0 unspecified atom stereocenters. The largest absolute Gasteiger partial charge is 0.382 e. The predicted octanol–water partition coefficient (Wildman–Crippen LogP) is -0.256. The van der Waals surface area contributed by atoms with Crippen molar-refractivity contribution in [3.63, 3.8) is 0 Å². The van der Waals surface area contributed by atoms with E-state index in [9.17, 15) is 4.79 Å². The van der Waals surface area contributed by atoms with Crippen LogP contribution in [0, 0.1) is 0 Å². The first kappa shape index (κ1) is 8.10. The van der Waals surface area contributed by atoms with Crippen molar-refractivity contribution in [1.82, 2.24) is 15.1 Å². The molecule has 1 aromatic rings. The topological polar surface area (TPSA) is 72.9 Å². The van der Waals surface area contributed by atoms with Gasteiger partial charge in [-0.2, -0.15) is 5.10 Å². The lowest BCUT2D eigenvalue weighted by atomic mass is 10.5. The van der Waals surface area contributed by atoms with Gasteiger partial charge in [-0.05, 0) is 18.9 Å². The van der Waals surface area contributed by atoms with Gasteiger partial charge in [0.15, 0.2) is 0 Å². The van der Waals surface area contributed by atoms with Crippen LogP contribution in [0.5, 0.6) is 0 Å². The fourth-order valence-electron chi connectivity index (χ4n) is 1.11. The van der Waals surface area contributed by atoms with E-state index in [0.717, 1.165) is 12.8 Å². The van der Waals surface area contributed by atoms with Crippen molar-refractivity contribution < 1.29 is 4.79 Å². The summed E-state index contributed by atoms with van der Waals surface area (Å²) in [6.45, 7) is 0.258. The van der Waals surface area contributed by atoms with Gasteiger partial charge in [-0.3, -0.25) is 9.48 Å². The molecule has 1 heterocycles.